The minimum atomic E-state index is -3.71. The number of nitrogens with one attached hydrogen (secondary N) is 1. The maximum atomic E-state index is 12.3. The summed E-state index contributed by atoms with van der Waals surface area (Å²) in [5, 5.41) is 7.56. The Kier molecular flexibility index (Phi) is 5.05. The van der Waals surface area contributed by atoms with Crippen LogP contribution in [0.15, 0.2) is 38.2 Å². The molecule has 0 saturated carbocycles. The van der Waals surface area contributed by atoms with Gasteiger partial charge in [0.2, 0.25) is 21.7 Å². The summed E-state index contributed by atoms with van der Waals surface area (Å²) >= 11 is 0. The molecule has 0 radical (unpaired) electrons. The van der Waals surface area contributed by atoms with Crippen LogP contribution >= 0.6 is 0 Å². The van der Waals surface area contributed by atoms with E-state index in [1.165, 1.54) is 0 Å². The Hall–Kier alpha value is -2.72. The number of sulfonamides is 1. The summed E-state index contributed by atoms with van der Waals surface area (Å²) in [6.07, 6.45) is 0.256. The Balaban J connectivity index is 1.63. The molecule has 1 aromatic carbocycles. The summed E-state index contributed by atoms with van der Waals surface area (Å²) in [7, 11) is -2.12. The second-order valence-electron chi connectivity index (χ2n) is 5.54. The largest absolute Gasteiger partial charge is 0.497 e. The van der Waals surface area contributed by atoms with Crippen molar-refractivity contribution in [3.05, 3.63) is 41.6 Å². The Bertz CT molecular complexity index is 973. The first-order valence-electron chi connectivity index (χ1n) is 7.80. The molecule has 2 heterocycles. The predicted octanol–water partition coefficient (Wildman–Crippen LogP) is 1.87. The highest BCUT2D eigenvalue weighted by Gasteiger charge is 2.23. The van der Waals surface area contributed by atoms with E-state index in [2.05, 4.69) is 20.0 Å². The number of benzene rings is 1. The third-order valence-electron chi connectivity index (χ3n) is 3.68. The summed E-state index contributed by atoms with van der Waals surface area (Å²) in [5.41, 5.74) is 1.09. The monoisotopic (exact) mass is 378 g/mol. The summed E-state index contributed by atoms with van der Waals surface area (Å²) in [6.45, 7) is 3.23. The molecular weight excluding hydrogens is 360 g/mol. The molecule has 9 nitrogen and oxygen atoms in total. The van der Waals surface area contributed by atoms with Gasteiger partial charge in [0.25, 0.3) is 0 Å². The van der Waals surface area contributed by atoms with E-state index in [0.29, 0.717) is 17.4 Å². The normalized spacial score (nSPS) is 11.7. The molecule has 0 spiro atoms. The van der Waals surface area contributed by atoms with Crippen LogP contribution in [0.4, 0.5) is 0 Å². The summed E-state index contributed by atoms with van der Waals surface area (Å²) in [5.74, 6) is 1.73. The molecule has 10 heteroatoms. The van der Waals surface area contributed by atoms with Crippen molar-refractivity contribution in [1.29, 1.82) is 0 Å². The van der Waals surface area contributed by atoms with Gasteiger partial charge in [0.1, 0.15) is 16.3 Å². The van der Waals surface area contributed by atoms with Gasteiger partial charge in [0.15, 0.2) is 5.76 Å². The van der Waals surface area contributed by atoms with Crippen molar-refractivity contribution >= 4 is 10.0 Å². The zero-order chi connectivity index (χ0) is 18.7. The van der Waals surface area contributed by atoms with Crippen molar-refractivity contribution in [3.63, 3.8) is 0 Å². The van der Waals surface area contributed by atoms with Crippen molar-refractivity contribution in [1.82, 2.24) is 20.0 Å². The molecular formula is C16H18N4O5S. The molecule has 0 aliphatic heterocycles. The first kappa shape index (κ1) is 18.1. The molecule has 138 valence electrons. The average molecular weight is 378 g/mol. The smallest absolute Gasteiger partial charge is 0.245 e. The van der Waals surface area contributed by atoms with Crippen LogP contribution in [0.2, 0.25) is 0 Å². The number of hydrogen-bond acceptors (Lipinski definition) is 8. The third kappa shape index (κ3) is 3.75. The van der Waals surface area contributed by atoms with Gasteiger partial charge in [-0.1, -0.05) is 10.3 Å². The van der Waals surface area contributed by atoms with Gasteiger partial charge in [-0.05, 0) is 38.1 Å². The van der Waals surface area contributed by atoms with Gasteiger partial charge in [-0.25, -0.2) is 13.1 Å². The van der Waals surface area contributed by atoms with Crippen LogP contribution in [0.1, 0.15) is 17.3 Å². The van der Waals surface area contributed by atoms with Crippen LogP contribution in [-0.4, -0.2) is 37.4 Å². The number of aromatic nitrogens is 3. The molecule has 2 aromatic heterocycles. The van der Waals surface area contributed by atoms with E-state index in [-0.39, 0.29) is 23.6 Å². The zero-order valence-corrected chi connectivity index (χ0v) is 15.3. The van der Waals surface area contributed by atoms with Gasteiger partial charge in [0.05, 0.1) is 7.11 Å². The van der Waals surface area contributed by atoms with Gasteiger partial charge in [-0.15, -0.1) is 0 Å². The second kappa shape index (κ2) is 7.26. The molecule has 26 heavy (non-hydrogen) atoms. The van der Waals surface area contributed by atoms with E-state index in [0.717, 1.165) is 11.3 Å². The lowest BCUT2D eigenvalue weighted by Gasteiger charge is -2.04. The summed E-state index contributed by atoms with van der Waals surface area (Å²) < 4.78 is 42.3. The van der Waals surface area contributed by atoms with Gasteiger partial charge in [0, 0.05) is 18.5 Å². The van der Waals surface area contributed by atoms with Crippen LogP contribution in [0.5, 0.6) is 5.75 Å². The lowest BCUT2D eigenvalue weighted by molar-refractivity contribution is 0.379. The van der Waals surface area contributed by atoms with Crippen molar-refractivity contribution in [2.45, 2.75) is 25.2 Å². The molecule has 0 atom stereocenters. The molecule has 0 bridgehead atoms. The average Bonchev–Trinajstić information content (AvgIpc) is 3.22. The van der Waals surface area contributed by atoms with Crippen LogP contribution < -0.4 is 9.46 Å². The fourth-order valence-corrected chi connectivity index (χ4v) is 3.79. The Morgan fingerprint density at radius 3 is 2.46 bits per heavy atom. The first-order valence-corrected chi connectivity index (χ1v) is 9.28. The Morgan fingerprint density at radius 1 is 1.12 bits per heavy atom. The van der Waals surface area contributed by atoms with Crippen molar-refractivity contribution < 1.29 is 22.2 Å². The van der Waals surface area contributed by atoms with Crippen molar-refractivity contribution in [2.24, 2.45) is 0 Å². The molecule has 0 amide bonds. The van der Waals surface area contributed by atoms with E-state index < -0.39 is 10.0 Å². The highest BCUT2D eigenvalue weighted by molar-refractivity contribution is 7.89. The summed E-state index contributed by atoms with van der Waals surface area (Å²) in [6, 6.07) is 7.22. The van der Waals surface area contributed by atoms with Crippen LogP contribution in [0, 0.1) is 13.8 Å². The molecule has 0 saturated heterocycles. The molecule has 0 aliphatic rings. The van der Waals surface area contributed by atoms with E-state index in [4.69, 9.17) is 13.8 Å². The lowest BCUT2D eigenvalue weighted by Crippen LogP contribution is -2.26. The highest BCUT2D eigenvalue weighted by Crippen LogP contribution is 2.20. The van der Waals surface area contributed by atoms with Crippen LogP contribution in [0.25, 0.3) is 11.4 Å². The van der Waals surface area contributed by atoms with E-state index in [1.54, 1.807) is 33.1 Å². The van der Waals surface area contributed by atoms with Crippen molar-refractivity contribution in [3.8, 4) is 17.1 Å². The van der Waals surface area contributed by atoms with E-state index in [1.807, 2.05) is 12.1 Å². The molecule has 0 aliphatic carbocycles. The summed E-state index contributed by atoms with van der Waals surface area (Å²) in [4.78, 5) is 4.33. The first-order chi connectivity index (χ1) is 12.4. The fraction of sp³-hybridized carbons (Fsp3) is 0.312. The SMILES string of the molecule is COc1ccc(-c2noc(CCNS(=O)(=O)c3c(C)noc3C)n2)cc1. The number of aryl methyl sites for hydroxylation is 2. The second-order valence-corrected chi connectivity index (χ2v) is 7.25. The number of nitrogens with zero attached hydrogens (tertiary/aromatic N) is 3. The standard InChI is InChI=1S/C16H18N4O5S/c1-10-15(11(2)24-19-10)26(21,22)17-9-8-14-18-16(20-25-14)12-4-6-13(23-3)7-5-12/h4-7,17H,8-9H2,1-3H3. The number of methoxy groups -OCH3 is 1. The topological polar surface area (TPSA) is 120 Å². The molecule has 0 unspecified atom stereocenters. The number of ether oxygens (including phenoxy) is 1. The minimum Gasteiger partial charge on any atom is -0.497 e. The van der Waals surface area contributed by atoms with E-state index in [9.17, 15) is 8.42 Å². The number of hydrogen-bond donors (Lipinski definition) is 1. The zero-order valence-electron chi connectivity index (χ0n) is 14.5. The Labute approximate surface area is 150 Å². The Morgan fingerprint density at radius 2 is 1.85 bits per heavy atom. The third-order valence-corrected chi connectivity index (χ3v) is 5.39. The lowest BCUT2D eigenvalue weighted by atomic mass is 10.2. The van der Waals surface area contributed by atoms with Gasteiger partial charge >= 0.3 is 0 Å². The van der Waals surface area contributed by atoms with Crippen molar-refractivity contribution in [2.75, 3.05) is 13.7 Å². The van der Waals surface area contributed by atoms with Gasteiger partial charge in [-0.2, -0.15) is 4.98 Å². The highest BCUT2D eigenvalue weighted by atomic mass is 32.2. The maximum absolute atomic E-state index is 12.3. The van der Waals surface area contributed by atoms with E-state index >= 15 is 0 Å². The van der Waals surface area contributed by atoms with Crippen LogP contribution in [0.3, 0.4) is 0 Å². The molecule has 3 rings (SSSR count). The molecule has 3 aromatic rings. The fourth-order valence-electron chi connectivity index (χ4n) is 2.44. The van der Waals surface area contributed by atoms with Crippen LogP contribution in [-0.2, 0) is 16.4 Å². The predicted molar refractivity (Wildman–Crippen MR) is 91.2 cm³/mol. The van der Waals surface area contributed by atoms with Gasteiger partial charge in [-0.3, -0.25) is 0 Å². The molecule has 1 N–H and O–H groups in total. The quantitative estimate of drug-likeness (QED) is 0.661. The van der Waals surface area contributed by atoms with Gasteiger partial charge < -0.3 is 13.8 Å². The molecule has 0 fully saturated rings. The number of rotatable bonds is 7. The maximum Gasteiger partial charge on any atom is 0.245 e. The minimum absolute atomic E-state index is 0.0574.